The van der Waals surface area contributed by atoms with E-state index < -0.39 is 0 Å². The van der Waals surface area contributed by atoms with Crippen molar-refractivity contribution in [2.75, 3.05) is 0 Å². The van der Waals surface area contributed by atoms with Gasteiger partial charge in [0.05, 0.1) is 5.69 Å². The molecule has 0 saturated heterocycles. The molecule has 58 heavy (non-hydrogen) atoms. The third-order valence-corrected chi connectivity index (χ3v) is 11.7. The standard InChI is InChI=1S/C57H37N/c1-4-15-38(16-5-1)41-21-12-24-44(33-41)51-36-52(45-25-13-22-42(34-45)39-17-6-2-7-18-39)48-30-31-50-54(55-27-10-11-32-58-55)37-53(49-29-28-47(51)56(48)57(49)50)46-26-14-23-43(35-46)40-19-8-3-9-20-40/h1-37H. The molecule has 1 aromatic heterocycles. The minimum absolute atomic E-state index is 0.965. The van der Waals surface area contributed by atoms with Crippen molar-refractivity contribution < 1.29 is 0 Å². The Balaban J connectivity index is 1.24. The summed E-state index contributed by atoms with van der Waals surface area (Å²) >= 11 is 0. The lowest BCUT2D eigenvalue weighted by Gasteiger charge is -2.22. The van der Waals surface area contributed by atoms with Crippen LogP contribution in [0.2, 0.25) is 0 Å². The first kappa shape index (κ1) is 33.7. The Hall–Kier alpha value is -7.61. The summed E-state index contributed by atoms with van der Waals surface area (Å²) < 4.78 is 0. The molecule has 270 valence electrons. The third-order valence-electron chi connectivity index (χ3n) is 11.7. The Morgan fingerprint density at radius 3 is 0.931 bits per heavy atom. The van der Waals surface area contributed by atoms with Crippen molar-refractivity contribution in [3.05, 3.63) is 225 Å². The summed E-state index contributed by atoms with van der Waals surface area (Å²) in [6.07, 6.45) is 1.90. The molecule has 1 heteroatoms. The SMILES string of the molecule is c1ccc(-c2cccc(-c3cc(-c4cccc(-c5ccccc5)c4)c4ccc5c(-c6ccccn6)cc(-c6cccc(-c7ccccc7)c6)c6ccc3c4c65)c2)cc1. The summed E-state index contributed by atoms with van der Waals surface area (Å²) in [5.41, 5.74) is 16.5. The van der Waals surface area contributed by atoms with E-state index in [1.54, 1.807) is 0 Å². The van der Waals surface area contributed by atoms with Crippen LogP contribution < -0.4 is 0 Å². The number of hydrogen-bond donors (Lipinski definition) is 0. The van der Waals surface area contributed by atoms with E-state index >= 15 is 0 Å². The van der Waals surface area contributed by atoms with Gasteiger partial charge in [-0.25, -0.2) is 0 Å². The summed E-state index contributed by atoms with van der Waals surface area (Å²) in [5.74, 6) is 0. The predicted molar refractivity (Wildman–Crippen MR) is 246 cm³/mol. The van der Waals surface area contributed by atoms with Crippen molar-refractivity contribution in [1.29, 1.82) is 0 Å². The molecule has 11 aromatic rings. The molecule has 11 rings (SSSR count). The molecule has 1 heterocycles. The molecule has 0 spiro atoms. The highest BCUT2D eigenvalue weighted by atomic mass is 14.7. The van der Waals surface area contributed by atoms with Crippen LogP contribution in [0.15, 0.2) is 225 Å². The predicted octanol–water partition coefficient (Wildman–Crippen LogP) is 15.6. The lowest BCUT2D eigenvalue weighted by atomic mass is 9.82. The zero-order valence-corrected chi connectivity index (χ0v) is 31.8. The Bertz CT molecular complexity index is 3140. The van der Waals surface area contributed by atoms with Crippen molar-refractivity contribution in [3.63, 3.8) is 0 Å². The quantitative estimate of drug-likeness (QED) is 0.149. The van der Waals surface area contributed by atoms with Crippen molar-refractivity contribution in [1.82, 2.24) is 4.98 Å². The topological polar surface area (TPSA) is 12.9 Å². The highest BCUT2D eigenvalue weighted by Gasteiger charge is 2.22. The van der Waals surface area contributed by atoms with Crippen molar-refractivity contribution in [2.24, 2.45) is 0 Å². The number of aromatic nitrogens is 1. The first-order valence-corrected chi connectivity index (χ1v) is 19.9. The molecule has 0 bridgehead atoms. The zero-order chi connectivity index (χ0) is 38.4. The molecule has 1 nitrogen and oxygen atoms in total. The van der Waals surface area contributed by atoms with Crippen LogP contribution in [0.5, 0.6) is 0 Å². The van der Waals surface area contributed by atoms with Crippen LogP contribution in [0.1, 0.15) is 0 Å². The summed E-state index contributed by atoms with van der Waals surface area (Å²) in [6, 6.07) is 79.5. The Labute approximate surface area is 338 Å². The highest BCUT2D eigenvalue weighted by molar-refractivity contribution is 6.32. The Morgan fingerprint density at radius 2 is 0.552 bits per heavy atom. The molecule has 0 atom stereocenters. The van der Waals surface area contributed by atoms with Gasteiger partial charge in [0.15, 0.2) is 0 Å². The molecule has 0 fully saturated rings. The van der Waals surface area contributed by atoms with Gasteiger partial charge in [-0.2, -0.15) is 0 Å². The van der Waals surface area contributed by atoms with Gasteiger partial charge in [0, 0.05) is 11.8 Å². The largest absolute Gasteiger partial charge is 0.256 e. The second-order valence-corrected chi connectivity index (χ2v) is 15.1. The lowest BCUT2D eigenvalue weighted by molar-refractivity contribution is 1.33. The fourth-order valence-electron chi connectivity index (χ4n) is 8.93. The molecule has 0 unspecified atom stereocenters. The molecule has 0 aliphatic heterocycles. The number of rotatable bonds is 7. The molecule has 0 N–H and O–H groups in total. The van der Waals surface area contributed by atoms with Gasteiger partial charge in [0.2, 0.25) is 0 Å². The van der Waals surface area contributed by atoms with Crippen LogP contribution in [0, 0.1) is 0 Å². The maximum Gasteiger partial charge on any atom is 0.0708 e. The second-order valence-electron chi connectivity index (χ2n) is 15.1. The molecule has 0 amide bonds. The normalized spacial score (nSPS) is 11.4. The molecular formula is C57H37N. The number of benzene rings is 10. The van der Waals surface area contributed by atoms with Gasteiger partial charge in [0.25, 0.3) is 0 Å². The maximum atomic E-state index is 4.94. The van der Waals surface area contributed by atoms with Gasteiger partial charge in [-0.15, -0.1) is 0 Å². The fraction of sp³-hybridized carbons (Fsp3) is 0. The van der Waals surface area contributed by atoms with Gasteiger partial charge in [-0.1, -0.05) is 176 Å². The molecule has 0 saturated carbocycles. The molecule has 0 aliphatic carbocycles. The average Bonchev–Trinajstić information content (AvgIpc) is 3.31. The number of nitrogens with zero attached hydrogens (tertiary/aromatic N) is 1. The van der Waals surface area contributed by atoms with E-state index in [2.05, 4.69) is 212 Å². The van der Waals surface area contributed by atoms with Crippen LogP contribution in [0.4, 0.5) is 0 Å². The van der Waals surface area contributed by atoms with Gasteiger partial charge < -0.3 is 0 Å². The van der Waals surface area contributed by atoms with E-state index in [1.807, 2.05) is 12.3 Å². The average molecular weight is 736 g/mol. The Morgan fingerprint density at radius 1 is 0.224 bits per heavy atom. The molecule has 10 aromatic carbocycles. The van der Waals surface area contributed by atoms with Gasteiger partial charge in [0.1, 0.15) is 0 Å². The Kier molecular flexibility index (Phi) is 8.23. The van der Waals surface area contributed by atoms with Gasteiger partial charge in [-0.3, -0.25) is 4.98 Å². The number of hydrogen-bond acceptors (Lipinski definition) is 1. The van der Waals surface area contributed by atoms with Crippen LogP contribution in [-0.4, -0.2) is 4.98 Å². The van der Waals surface area contributed by atoms with Crippen LogP contribution >= 0.6 is 0 Å². The number of pyridine rings is 1. The van der Waals surface area contributed by atoms with E-state index in [0.717, 1.165) is 11.3 Å². The monoisotopic (exact) mass is 735 g/mol. The second kappa shape index (κ2) is 14.2. The van der Waals surface area contributed by atoms with Crippen LogP contribution in [0.3, 0.4) is 0 Å². The van der Waals surface area contributed by atoms with Crippen molar-refractivity contribution >= 4 is 32.3 Å². The zero-order valence-electron chi connectivity index (χ0n) is 31.8. The van der Waals surface area contributed by atoms with Crippen LogP contribution in [0.25, 0.3) is 110 Å². The molecule has 0 radical (unpaired) electrons. The smallest absolute Gasteiger partial charge is 0.0708 e. The minimum Gasteiger partial charge on any atom is -0.256 e. The third kappa shape index (κ3) is 5.84. The minimum atomic E-state index is 0.965. The first-order chi connectivity index (χ1) is 28.8. The summed E-state index contributed by atoms with van der Waals surface area (Å²) in [6.45, 7) is 0. The van der Waals surface area contributed by atoms with Gasteiger partial charge in [-0.05, 0) is 142 Å². The van der Waals surface area contributed by atoms with E-state index in [-0.39, 0.29) is 0 Å². The van der Waals surface area contributed by atoms with Crippen LogP contribution in [-0.2, 0) is 0 Å². The van der Waals surface area contributed by atoms with E-state index in [4.69, 9.17) is 4.98 Å². The summed E-state index contributed by atoms with van der Waals surface area (Å²) in [5, 5.41) is 7.45. The van der Waals surface area contributed by atoms with Gasteiger partial charge >= 0.3 is 0 Å². The van der Waals surface area contributed by atoms with E-state index in [0.29, 0.717) is 0 Å². The fourth-order valence-corrected chi connectivity index (χ4v) is 8.93. The van der Waals surface area contributed by atoms with Crippen molar-refractivity contribution in [3.8, 4) is 78.0 Å². The van der Waals surface area contributed by atoms with Crippen molar-refractivity contribution in [2.45, 2.75) is 0 Å². The van der Waals surface area contributed by atoms with E-state index in [1.165, 1.54) is 99.1 Å². The maximum absolute atomic E-state index is 4.94. The summed E-state index contributed by atoms with van der Waals surface area (Å²) in [4.78, 5) is 4.94. The lowest BCUT2D eigenvalue weighted by Crippen LogP contribution is -1.95. The first-order valence-electron chi connectivity index (χ1n) is 19.9. The molecular weight excluding hydrogens is 699 g/mol. The van der Waals surface area contributed by atoms with E-state index in [9.17, 15) is 0 Å². The highest BCUT2D eigenvalue weighted by Crippen LogP contribution is 2.49. The molecule has 0 aliphatic rings. The summed E-state index contributed by atoms with van der Waals surface area (Å²) in [7, 11) is 0.